The van der Waals surface area contributed by atoms with E-state index in [0.717, 1.165) is 0 Å². The number of fused-ring (bicyclic) bond motifs is 1. The number of aryl methyl sites for hydroxylation is 1. The Morgan fingerprint density at radius 2 is 2.00 bits per heavy atom. The molecule has 2 unspecified atom stereocenters. The van der Waals surface area contributed by atoms with Crippen molar-refractivity contribution in [3.63, 3.8) is 0 Å². The van der Waals surface area contributed by atoms with Crippen molar-refractivity contribution in [2.75, 3.05) is 18.9 Å². The molecule has 5 rings (SSSR count). The second kappa shape index (κ2) is 11.5. The summed E-state index contributed by atoms with van der Waals surface area (Å²) in [4.78, 5) is 57.7. The Labute approximate surface area is 225 Å². The Balaban J connectivity index is 1.23. The maximum absolute atomic E-state index is 12.8. The zero-order valence-electron chi connectivity index (χ0n) is 20.9. The van der Waals surface area contributed by atoms with Crippen molar-refractivity contribution >= 4 is 33.1 Å². The van der Waals surface area contributed by atoms with Crippen LogP contribution in [0, 0.1) is 6.92 Å². The molecule has 216 valence electrons. The minimum Gasteiger partial charge on any atom is -0.382 e. The third-order valence-corrected chi connectivity index (χ3v) is 7.84. The number of aromatic amines is 1. The Kier molecular flexibility index (Phi) is 8.24. The van der Waals surface area contributed by atoms with Gasteiger partial charge >= 0.3 is 21.8 Å². The van der Waals surface area contributed by atoms with Crippen LogP contribution >= 0.6 is 16.1 Å². The summed E-state index contributed by atoms with van der Waals surface area (Å²) >= 11 is 0. The number of aromatic nitrogens is 6. The molecule has 2 saturated heterocycles. The second-order valence-corrected chi connectivity index (χ2v) is 11.3. The van der Waals surface area contributed by atoms with Crippen molar-refractivity contribution in [2.45, 2.75) is 57.0 Å². The summed E-state index contributed by atoms with van der Waals surface area (Å²) in [6.45, 7) is 0.804. The molecule has 0 bridgehead atoms. The molecule has 0 saturated carbocycles. The van der Waals surface area contributed by atoms with Gasteiger partial charge in [-0.1, -0.05) is 0 Å². The van der Waals surface area contributed by atoms with Gasteiger partial charge in [-0.3, -0.25) is 28.0 Å². The van der Waals surface area contributed by atoms with Crippen LogP contribution in [0.25, 0.3) is 11.2 Å². The summed E-state index contributed by atoms with van der Waals surface area (Å²) in [6, 6.07) is 0. The fourth-order valence-electron chi connectivity index (χ4n) is 4.54. The molecule has 2 aliphatic heterocycles. The lowest BCUT2D eigenvalue weighted by Gasteiger charge is -2.21. The molecular weight excluding hydrogens is 576 g/mol. The van der Waals surface area contributed by atoms with E-state index < -0.39 is 64.7 Å². The molecule has 0 spiro atoms. The number of hydrogen-bond acceptors (Lipinski definition) is 13. The number of imidazole rings is 1. The molecule has 0 aliphatic carbocycles. The maximum atomic E-state index is 12.8. The predicted molar refractivity (Wildman–Crippen MR) is 134 cm³/mol. The van der Waals surface area contributed by atoms with Crippen molar-refractivity contribution in [2.24, 2.45) is 0 Å². The molecule has 3 aromatic rings. The van der Waals surface area contributed by atoms with Crippen LogP contribution in [0.3, 0.4) is 0 Å². The zero-order valence-corrected chi connectivity index (χ0v) is 22.7. The van der Waals surface area contributed by atoms with Crippen molar-refractivity contribution in [3.05, 3.63) is 45.3 Å². The average molecular weight is 602 g/mol. The average Bonchev–Trinajstić information content (AvgIpc) is 3.62. The first-order valence-corrected chi connectivity index (χ1v) is 14.6. The van der Waals surface area contributed by atoms with Crippen LogP contribution in [0.15, 0.2) is 28.4 Å². The summed E-state index contributed by atoms with van der Waals surface area (Å²) in [5, 5.41) is 0. The van der Waals surface area contributed by atoms with E-state index >= 15 is 0 Å². The molecule has 2 aliphatic rings. The number of nitrogens with two attached hydrogens (primary N) is 1. The van der Waals surface area contributed by atoms with Crippen molar-refractivity contribution in [3.8, 4) is 0 Å². The van der Waals surface area contributed by atoms with E-state index in [1.807, 2.05) is 0 Å². The number of anilines is 1. The highest BCUT2D eigenvalue weighted by molar-refractivity contribution is 7.47. The smallest absolute Gasteiger partial charge is 0.382 e. The number of phosphoric ester groups is 1. The molecule has 0 amide bonds. The van der Waals surface area contributed by atoms with Gasteiger partial charge in [-0.25, -0.2) is 24.3 Å². The molecule has 18 nitrogen and oxygen atoms in total. The largest absolute Gasteiger partial charge is 0.694 e. The minimum atomic E-state index is -4.69. The molecule has 3 aromatic heterocycles. The van der Waals surface area contributed by atoms with Crippen LogP contribution in [0.1, 0.15) is 37.3 Å². The first-order chi connectivity index (χ1) is 19.0. The van der Waals surface area contributed by atoms with E-state index in [4.69, 9.17) is 33.7 Å². The van der Waals surface area contributed by atoms with E-state index in [-0.39, 0.29) is 18.8 Å². The van der Waals surface area contributed by atoms with Crippen LogP contribution < -0.4 is 17.0 Å². The molecular formula is C20H26N7O11P2+. The van der Waals surface area contributed by atoms with Gasteiger partial charge in [-0.2, -0.15) is 0 Å². The van der Waals surface area contributed by atoms with Crippen LogP contribution in [-0.4, -0.2) is 70.4 Å². The van der Waals surface area contributed by atoms with E-state index in [1.54, 1.807) is 6.92 Å². The molecule has 40 heavy (non-hydrogen) atoms. The van der Waals surface area contributed by atoms with Gasteiger partial charge in [0, 0.05) is 22.7 Å². The highest BCUT2D eigenvalue weighted by Gasteiger charge is 2.44. The van der Waals surface area contributed by atoms with Gasteiger partial charge in [0.1, 0.15) is 43.1 Å². The first-order valence-electron chi connectivity index (χ1n) is 12.0. The summed E-state index contributed by atoms with van der Waals surface area (Å²) in [5.41, 5.74) is 5.71. The predicted octanol–water partition coefficient (Wildman–Crippen LogP) is 0.401. The number of rotatable bonds is 10. The number of hydrogen-bond donors (Lipinski definition) is 4. The number of nitrogens with one attached hydrogen (secondary N) is 1. The van der Waals surface area contributed by atoms with Crippen LogP contribution in [0.5, 0.6) is 0 Å². The lowest BCUT2D eigenvalue weighted by molar-refractivity contribution is -0.0454. The fourth-order valence-corrected chi connectivity index (χ4v) is 5.80. The standard InChI is InChI=1S/C20H25N7O11P2/c1-10-5-26(20(29)25-19(10)28)14-3-2-11(36-14)6-35-40(32,33)38-12-4-15(37-13(12)7-34-39(30)31)27-9-24-16-17(21)22-8-23-18(16)27/h5,8-9,11-15H,2-4,6-7H2,1H3,(H4-,21,22,23,25,28,29,30,31,32,33)/p+1/t11-,12-,13+,14+,15+/m0/s1. The van der Waals surface area contributed by atoms with E-state index in [9.17, 15) is 23.6 Å². The van der Waals surface area contributed by atoms with Crippen LogP contribution in [0.2, 0.25) is 0 Å². The second-order valence-electron chi connectivity index (χ2n) is 9.16. The molecule has 2 fully saturated rings. The molecule has 5 N–H and O–H groups in total. The Morgan fingerprint density at radius 1 is 1.20 bits per heavy atom. The van der Waals surface area contributed by atoms with E-state index in [0.29, 0.717) is 29.6 Å². The van der Waals surface area contributed by atoms with Gasteiger partial charge in [-0.05, 0) is 19.8 Å². The molecule has 5 heterocycles. The van der Waals surface area contributed by atoms with Gasteiger partial charge in [0.2, 0.25) is 0 Å². The van der Waals surface area contributed by atoms with E-state index in [2.05, 4.69) is 19.9 Å². The highest BCUT2D eigenvalue weighted by atomic mass is 31.2. The Bertz CT molecular complexity index is 1580. The van der Waals surface area contributed by atoms with Gasteiger partial charge < -0.3 is 20.1 Å². The quantitative estimate of drug-likeness (QED) is 0.229. The monoisotopic (exact) mass is 602 g/mol. The van der Waals surface area contributed by atoms with Gasteiger partial charge in [0.25, 0.3) is 5.56 Å². The fraction of sp³-hybridized carbons (Fsp3) is 0.550. The van der Waals surface area contributed by atoms with Crippen molar-refractivity contribution < 1.29 is 42.0 Å². The minimum absolute atomic E-state index is 0.00992. The summed E-state index contributed by atoms with van der Waals surface area (Å²) in [6.07, 6.45) is 0.613. The summed E-state index contributed by atoms with van der Waals surface area (Å²) in [5.74, 6) is 0.150. The van der Waals surface area contributed by atoms with Gasteiger partial charge in [0.05, 0.1) is 19.0 Å². The SMILES string of the molecule is Cc1cn([C@H]2CC[C@@H](COP(=O)(O)O[C@H]3C[C@H](n4cnc5c(N)ncnc54)O[C@@H]3CO[P+](=O)O)O2)c(=O)[nH]c1=O. The first kappa shape index (κ1) is 28.6. The normalized spacial score (nSPS) is 26.8. The number of nitrogens with zero attached hydrogens (tertiary/aromatic N) is 5. The summed E-state index contributed by atoms with van der Waals surface area (Å²) < 4.78 is 53.7. The zero-order chi connectivity index (χ0) is 28.6. The van der Waals surface area contributed by atoms with Crippen molar-refractivity contribution in [1.82, 2.24) is 29.1 Å². The molecule has 0 aromatic carbocycles. The topological polar surface area (TPSA) is 245 Å². The Morgan fingerprint density at radius 3 is 2.77 bits per heavy atom. The Hall–Kier alpha value is -2.92. The number of H-pyrrole nitrogens is 1. The molecule has 7 atom stereocenters. The van der Waals surface area contributed by atoms with Gasteiger partial charge in [0.15, 0.2) is 11.5 Å². The third-order valence-electron chi connectivity index (χ3n) is 6.46. The number of phosphoric acid groups is 1. The molecule has 20 heteroatoms. The van der Waals surface area contributed by atoms with Crippen LogP contribution in [-0.2, 0) is 32.2 Å². The number of ether oxygens (including phenoxy) is 2. The number of nitrogen functional groups attached to an aromatic ring is 1. The third kappa shape index (κ3) is 6.20. The van der Waals surface area contributed by atoms with Gasteiger partial charge in [-0.15, -0.1) is 9.42 Å². The lowest BCUT2D eigenvalue weighted by Crippen LogP contribution is -2.33. The maximum Gasteiger partial charge on any atom is 0.694 e. The molecule has 0 radical (unpaired) electrons. The van der Waals surface area contributed by atoms with E-state index in [1.165, 1.54) is 28.0 Å². The highest BCUT2D eigenvalue weighted by Crippen LogP contribution is 2.49. The lowest BCUT2D eigenvalue weighted by atomic mass is 10.2. The van der Waals surface area contributed by atoms with Crippen molar-refractivity contribution in [1.29, 1.82) is 0 Å². The van der Waals surface area contributed by atoms with Crippen LogP contribution in [0.4, 0.5) is 5.82 Å². The summed E-state index contributed by atoms with van der Waals surface area (Å²) in [7, 11) is -7.66.